The molecule has 4 heteroatoms. The third kappa shape index (κ3) is 2.89. The van der Waals surface area contributed by atoms with Crippen molar-refractivity contribution >= 4 is 5.97 Å². The fourth-order valence-electron chi connectivity index (χ4n) is 2.95. The molecule has 1 unspecified atom stereocenters. The summed E-state index contributed by atoms with van der Waals surface area (Å²) in [6, 6.07) is 3.77. The molecule has 2 rings (SSSR count). The van der Waals surface area contributed by atoms with Gasteiger partial charge in [0.1, 0.15) is 11.5 Å². The van der Waals surface area contributed by atoms with Crippen LogP contribution in [0.15, 0.2) is 12.1 Å². The summed E-state index contributed by atoms with van der Waals surface area (Å²) in [5, 5.41) is 9.20. The molecule has 0 aliphatic heterocycles. The SMILES string of the molecule is CCc1c(OC)ccc(OC)c1C(CC(=O)O)C1CC1. The van der Waals surface area contributed by atoms with Crippen LogP contribution in [0.3, 0.4) is 0 Å². The summed E-state index contributed by atoms with van der Waals surface area (Å²) in [5.74, 6) is 1.32. The second kappa shape index (κ2) is 6.16. The Morgan fingerprint density at radius 2 is 1.90 bits per heavy atom. The molecule has 110 valence electrons. The largest absolute Gasteiger partial charge is 0.496 e. The monoisotopic (exact) mass is 278 g/mol. The molecule has 0 saturated heterocycles. The van der Waals surface area contributed by atoms with Crippen LogP contribution in [-0.2, 0) is 11.2 Å². The number of carbonyl (C=O) groups is 1. The molecular formula is C16H22O4. The van der Waals surface area contributed by atoms with Crippen molar-refractivity contribution in [3.05, 3.63) is 23.3 Å². The normalized spacial score (nSPS) is 15.8. The number of rotatable bonds is 7. The first-order chi connectivity index (χ1) is 9.62. The van der Waals surface area contributed by atoms with Gasteiger partial charge in [-0.3, -0.25) is 4.79 Å². The van der Waals surface area contributed by atoms with Crippen molar-refractivity contribution in [3.8, 4) is 11.5 Å². The minimum Gasteiger partial charge on any atom is -0.496 e. The van der Waals surface area contributed by atoms with Gasteiger partial charge in [0.15, 0.2) is 0 Å². The Hall–Kier alpha value is -1.71. The van der Waals surface area contributed by atoms with E-state index < -0.39 is 5.97 Å². The van der Waals surface area contributed by atoms with Crippen LogP contribution in [0, 0.1) is 5.92 Å². The van der Waals surface area contributed by atoms with E-state index >= 15 is 0 Å². The van der Waals surface area contributed by atoms with Crippen molar-refractivity contribution in [2.24, 2.45) is 5.92 Å². The summed E-state index contributed by atoms with van der Waals surface area (Å²) in [7, 11) is 3.28. The lowest BCUT2D eigenvalue weighted by Gasteiger charge is -2.23. The van der Waals surface area contributed by atoms with Gasteiger partial charge >= 0.3 is 5.97 Å². The molecule has 0 bridgehead atoms. The average molecular weight is 278 g/mol. The second-order valence-electron chi connectivity index (χ2n) is 5.26. The van der Waals surface area contributed by atoms with E-state index in [1.807, 2.05) is 12.1 Å². The third-order valence-electron chi connectivity index (χ3n) is 4.02. The highest BCUT2D eigenvalue weighted by atomic mass is 16.5. The molecule has 20 heavy (non-hydrogen) atoms. The number of hydrogen-bond acceptors (Lipinski definition) is 3. The van der Waals surface area contributed by atoms with Gasteiger partial charge in [0, 0.05) is 17.0 Å². The smallest absolute Gasteiger partial charge is 0.303 e. The van der Waals surface area contributed by atoms with Gasteiger partial charge in [0.05, 0.1) is 20.6 Å². The van der Waals surface area contributed by atoms with E-state index in [0.717, 1.165) is 41.9 Å². The fraction of sp³-hybridized carbons (Fsp3) is 0.562. The number of methoxy groups -OCH3 is 2. The van der Waals surface area contributed by atoms with Crippen LogP contribution in [0.4, 0.5) is 0 Å². The number of carboxylic acids is 1. The van der Waals surface area contributed by atoms with Gasteiger partial charge in [-0.1, -0.05) is 6.92 Å². The van der Waals surface area contributed by atoms with Gasteiger partial charge in [-0.05, 0) is 37.3 Å². The average Bonchev–Trinajstić information content (AvgIpc) is 3.27. The molecule has 1 saturated carbocycles. The van der Waals surface area contributed by atoms with Crippen LogP contribution < -0.4 is 9.47 Å². The summed E-state index contributed by atoms with van der Waals surface area (Å²) >= 11 is 0. The lowest BCUT2D eigenvalue weighted by atomic mass is 9.85. The fourth-order valence-corrected chi connectivity index (χ4v) is 2.95. The Morgan fingerprint density at radius 1 is 1.30 bits per heavy atom. The van der Waals surface area contributed by atoms with Crippen LogP contribution in [0.5, 0.6) is 11.5 Å². The van der Waals surface area contributed by atoms with Crippen molar-refractivity contribution < 1.29 is 19.4 Å². The standard InChI is InChI=1S/C16H22O4/c1-4-11-13(19-2)7-8-14(20-3)16(11)12(9-15(17)18)10-5-6-10/h7-8,10,12H,4-6,9H2,1-3H3,(H,17,18). The first-order valence-electron chi connectivity index (χ1n) is 7.07. The zero-order valence-electron chi connectivity index (χ0n) is 12.3. The van der Waals surface area contributed by atoms with Gasteiger partial charge in [0.2, 0.25) is 0 Å². The molecule has 4 nitrogen and oxygen atoms in total. The summed E-state index contributed by atoms with van der Waals surface area (Å²) in [4.78, 5) is 11.2. The summed E-state index contributed by atoms with van der Waals surface area (Å²) in [5.41, 5.74) is 2.10. The van der Waals surface area contributed by atoms with Gasteiger partial charge in [-0.15, -0.1) is 0 Å². The summed E-state index contributed by atoms with van der Waals surface area (Å²) in [6.07, 6.45) is 3.16. The molecule has 1 N–H and O–H groups in total. The first-order valence-corrected chi connectivity index (χ1v) is 7.07. The molecular weight excluding hydrogens is 256 g/mol. The van der Waals surface area contributed by atoms with E-state index in [9.17, 15) is 9.90 Å². The molecule has 0 amide bonds. The number of ether oxygens (including phenoxy) is 2. The van der Waals surface area contributed by atoms with Crippen molar-refractivity contribution in [1.82, 2.24) is 0 Å². The lowest BCUT2D eigenvalue weighted by Crippen LogP contribution is -2.13. The van der Waals surface area contributed by atoms with Crippen molar-refractivity contribution in [2.45, 2.75) is 38.5 Å². The Kier molecular flexibility index (Phi) is 4.53. The van der Waals surface area contributed by atoms with E-state index in [4.69, 9.17) is 9.47 Å². The maximum Gasteiger partial charge on any atom is 0.303 e. The Bertz CT molecular complexity index is 491. The highest BCUT2D eigenvalue weighted by molar-refractivity contribution is 5.69. The maximum atomic E-state index is 11.2. The van der Waals surface area contributed by atoms with Crippen LogP contribution >= 0.6 is 0 Å². The summed E-state index contributed by atoms with van der Waals surface area (Å²) in [6.45, 7) is 2.06. The maximum absolute atomic E-state index is 11.2. The van der Waals surface area contributed by atoms with Crippen molar-refractivity contribution in [1.29, 1.82) is 0 Å². The topological polar surface area (TPSA) is 55.8 Å². The Labute approximate surface area is 119 Å². The predicted octanol–water partition coefficient (Wildman–Crippen LogP) is 3.23. The number of aliphatic carboxylic acids is 1. The minimum atomic E-state index is -0.756. The highest BCUT2D eigenvalue weighted by Gasteiger charge is 2.37. The lowest BCUT2D eigenvalue weighted by molar-refractivity contribution is -0.137. The molecule has 0 radical (unpaired) electrons. The van der Waals surface area contributed by atoms with Crippen LogP contribution in [-0.4, -0.2) is 25.3 Å². The third-order valence-corrected chi connectivity index (χ3v) is 4.02. The van der Waals surface area contributed by atoms with Crippen LogP contribution in [0.2, 0.25) is 0 Å². The zero-order valence-corrected chi connectivity index (χ0v) is 12.3. The number of carboxylic acid groups (broad SMARTS) is 1. The van der Waals surface area contributed by atoms with Gasteiger partial charge in [-0.25, -0.2) is 0 Å². The molecule has 1 aromatic carbocycles. The molecule has 1 aromatic rings. The molecule has 1 atom stereocenters. The molecule has 1 aliphatic rings. The molecule has 1 fully saturated rings. The van der Waals surface area contributed by atoms with Gasteiger partial charge in [0.25, 0.3) is 0 Å². The van der Waals surface area contributed by atoms with Crippen LogP contribution in [0.25, 0.3) is 0 Å². The van der Waals surface area contributed by atoms with E-state index in [0.29, 0.717) is 5.92 Å². The van der Waals surface area contributed by atoms with Crippen molar-refractivity contribution in [2.75, 3.05) is 14.2 Å². The van der Waals surface area contributed by atoms with Crippen LogP contribution in [0.1, 0.15) is 43.2 Å². The van der Waals surface area contributed by atoms with E-state index in [1.54, 1.807) is 14.2 Å². The number of benzene rings is 1. The minimum absolute atomic E-state index is 0.0208. The van der Waals surface area contributed by atoms with E-state index in [-0.39, 0.29) is 12.3 Å². The van der Waals surface area contributed by atoms with Gasteiger partial charge < -0.3 is 14.6 Å². The second-order valence-corrected chi connectivity index (χ2v) is 5.26. The molecule has 1 aliphatic carbocycles. The summed E-state index contributed by atoms with van der Waals surface area (Å²) < 4.78 is 10.9. The van der Waals surface area contributed by atoms with Crippen molar-refractivity contribution in [3.63, 3.8) is 0 Å². The number of hydrogen-bond donors (Lipinski definition) is 1. The van der Waals surface area contributed by atoms with E-state index in [1.165, 1.54) is 0 Å². The quantitative estimate of drug-likeness (QED) is 0.832. The zero-order chi connectivity index (χ0) is 14.7. The molecule has 0 heterocycles. The first kappa shape index (κ1) is 14.7. The highest BCUT2D eigenvalue weighted by Crippen LogP contribution is 2.49. The Balaban J connectivity index is 2.52. The predicted molar refractivity (Wildman–Crippen MR) is 76.6 cm³/mol. The molecule has 0 spiro atoms. The Morgan fingerprint density at radius 3 is 2.35 bits per heavy atom. The van der Waals surface area contributed by atoms with E-state index in [2.05, 4.69) is 6.92 Å². The van der Waals surface area contributed by atoms with Gasteiger partial charge in [-0.2, -0.15) is 0 Å². The molecule has 0 aromatic heterocycles.